The van der Waals surface area contributed by atoms with Gasteiger partial charge >= 0.3 is 0 Å². The van der Waals surface area contributed by atoms with Crippen molar-refractivity contribution in [1.29, 1.82) is 0 Å². The fourth-order valence-corrected chi connectivity index (χ4v) is 2.48. The molecule has 0 aromatic heterocycles. The molecule has 0 bridgehead atoms. The lowest BCUT2D eigenvalue weighted by Gasteiger charge is -2.22. The average Bonchev–Trinajstić information content (AvgIpc) is 2.60. The molecule has 1 unspecified atom stereocenters. The molecule has 0 spiro atoms. The Balaban J connectivity index is 2.26. The van der Waals surface area contributed by atoms with Gasteiger partial charge in [-0.2, -0.15) is 0 Å². The zero-order chi connectivity index (χ0) is 13.2. The minimum atomic E-state index is -0.718. The maximum absolute atomic E-state index is 12.4. The number of hydrogen-bond acceptors (Lipinski definition) is 2. The molecule has 2 amide bonds. The standard InChI is InChI=1S/C14H16ClNO2/c1-14(11-6-3-2-4-7-11)10-12(17)16(13(14)18)9-5-8-15/h2-4,6-7H,5,8-10H2,1H3. The van der Waals surface area contributed by atoms with Crippen LogP contribution in [-0.2, 0) is 15.0 Å². The van der Waals surface area contributed by atoms with Gasteiger partial charge in [-0.3, -0.25) is 14.5 Å². The number of hydrogen-bond donors (Lipinski definition) is 0. The molecule has 1 aliphatic rings. The Labute approximate surface area is 112 Å². The number of nitrogens with zero attached hydrogens (tertiary/aromatic N) is 1. The van der Waals surface area contributed by atoms with Crippen molar-refractivity contribution in [1.82, 2.24) is 4.90 Å². The molecule has 0 aliphatic carbocycles. The van der Waals surface area contributed by atoms with Crippen LogP contribution < -0.4 is 0 Å². The number of likely N-dealkylation sites (tertiary alicyclic amines) is 1. The Morgan fingerprint density at radius 2 is 1.94 bits per heavy atom. The number of benzene rings is 1. The van der Waals surface area contributed by atoms with Crippen LogP contribution in [0.3, 0.4) is 0 Å². The van der Waals surface area contributed by atoms with E-state index in [4.69, 9.17) is 11.6 Å². The number of carbonyl (C=O) groups is 2. The van der Waals surface area contributed by atoms with Crippen LogP contribution in [0, 0.1) is 0 Å². The van der Waals surface area contributed by atoms with Gasteiger partial charge < -0.3 is 0 Å². The van der Waals surface area contributed by atoms with Gasteiger partial charge in [0.15, 0.2) is 0 Å². The lowest BCUT2D eigenvalue weighted by molar-refractivity contribution is -0.139. The van der Waals surface area contributed by atoms with E-state index in [1.807, 2.05) is 37.3 Å². The lowest BCUT2D eigenvalue weighted by Crippen LogP contribution is -2.37. The maximum Gasteiger partial charge on any atom is 0.240 e. The molecule has 1 saturated heterocycles. The average molecular weight is 266 g/mol. The van der Waals surface area contributed by atoms with Gasteiger partial charge in [0.2, 0.25) is 11.8 Å². The smallest absolute Gasteiger partial charge is 0.240 e. The van der Waals surface area contributed by atoms with Crippen molar-refractivity contribution in [2.45, 2.75) is 25.2 Å². The van der Waals surface area contributed by atoms with E-state index < -0.39 is 5.41 Å². The first-order chi connectivity index (χ1) is 8.59. The largest absolute Gasteiger partial charge is 0.282 e. The lowest BCUT2D eigenvalue weighted by atomic mass is 9.81. The first-order valence-corrected chi connectivity index (χ1v) is 6.59. The normalized spacial score (nSPS) is 23.8. The molecule has 1 aromatic rings. The number of amides is 2. The van der Waals surface area contributed by atoms with E-state index in [-0.39, 0.29) is 18.2 Å². The number of imide groups is 1. The van der Waals surface area contributed by atoms with Crippen LogP contribution in [0.1, 0.15) is 25.3 Å². The van der Waals surface area contributed by atoms with E-state index in [0.717, 1.165) is 5.56 Å². The van der Waals surface area contributed by atoms with Crippen molar-refractivity contribution in [3.63, 3.8) is 0 Å². The molecule has 1 atom stereocenters. The van der Waals surface area contributed by atoms with Crippen molar-refractivity contribution in [3.05, 3.63) is 35.9 Å². The van der Waals surface area contributed by atoms with Crippen LogP contribution in [0.2, 0.25) is 0 Å². The van der Waals surface area contributed by atoms with E-state index in [1.165, 1.54) is 4.90 Å². The van der Waals surface area contributed by atoms with Crippen molar-refractivity contribution in [2.24, 2.45) is 0 Å². The summed E-state index contributed by atoms with van der Waals surface area (Å²) in [7, 11) is 0. The Morgan fingerprint density at radius 1 is 1.28 bits per heavy atom. The van der Waals surface area contributed by atoms with Crippen molar-refractivity contribution >= 4 is 23.4 Å². The molecule has 96 valence electrons. The van der Waals surface area contributed by atoms with E-state index >= 15 is 0 Å². The molecule has 0 saturated carbocycles. The number of halogens is 1. The van der Waals surface area contributed by atoms with Gasteiger partial charge in [0, 0.05) is 18.8 Å². The van der Waals surface area contributed by atoms with Crippen LogP contribution in [-0.4, -0.2) is 29.1 Å². The quantitative estimate of drug-likeness (QED) is 0.619. The predicted octanol–water partition coefficient (Wildman–Crippen LogP) is 2.33. The van der Waals surface area contributed by atoms with Crippen LogP contribution in [0.5, 0.6) is 0 Å². The highest BCUT2D eigenvalue weighted by molar-refractivity contribution is 6.17. The summed E-state index contributed by atoms with van der Waals surface area (Å²) in [6.07, 6.45) is 0.891. The topological polar surface area (TPSA) is 37.4 Å². The van der Waals surface area contributed by atoms with Crippen LogP contribution in [0.25, 0.3) is 0 Å². The van der Waals surface area contributed by atoms with E-state index in [0.29, 0.717) is 18.8 Å². The van der Waals surface area contributed by atoms with Gasteiger partial charge in [0.05, 0.1) is 5.41 Å². The maximum atomic E-state index is 12.4. The fraction of sp³-hybridized carbons (Fsp3) is 0.429. The van der Waals surface area contributed by atoms with E-state index in [2.05, 4.69) is 0 Å². The summed E-state index contributed by atoms with van der Waals surface area (Å²) in [6, 6.07) is 9.48. The Morgan fingerprint density at radius 3 is 2.56 bits per heavy atom. The summed E-state index contributed by atoms with van der Waals surface area (Å²) in [5.41, 5.74) is 0.182. The van der Waals surface area contributed by atoms with Gasteiger partial charge in [0.25, 0.3) is 0 Å². The summed E-state index contributed by atoms with van der Waals surface area (Å²) >= 11 is 5.61. The van der Waals surface area contributed by atoms with Crippen LogP contribution in [0.15, 0.2) is 30.3 Å². The minimum absolute atomic E-state index is 0.100. The Kier molecular flexibility index (Phi) is 3.71. The highest BCUT2D eigenvalue weighted by Gasteiger charge is 2.48. The van der Waals surface area contributed by atoms with Gasteiger partial charge in [-0.05, 0) is 18.9 Å². The molecule has 18 heavy (non-hydrogen) atoms. The molecule has 0 radical (unpaired) electrons. The molecule has 0 N–H and O–H groups in total. The SMILES string of the molecule is CC1(c2ccccc2)CC(=O)N(CCCCl)C1=O. The molecule has 1 fully saturated rings. The first-order valence-electron chi connectivity index (χ1n) is 6.06. The number of carbonyl (C=O) groups excluding carboxylic acids is 2. The number of rotatable bonds is 4. The summed E-state index contributed by atoms with van der Waals surface area (Å²) in [6.45, 7) is 2.26. The minimum Gasteiger partial charge on any atom is -0.282 e. The van der Waals surface area contributed by atoms with Crippen LogP contribution >= 0.6 is 11.6 Å². The molecule has 1 heterocycles. The second kappa shape index (κ2) is 5.11. The third kappa shape index (κ3) is 2.15. The van der Waals surface area contributed by atoms with E-state index in [1.54, 1.807) is 0 Å². The van der Waals surface area contributed by atoms with Gasteiger partial charge in [0.1, 0.15) is 0 Å². The van der Waals surface area contributed by atoms with Gasteiger partial charge in [-0.1, -0.05) is 30.3 Å². The third-order valence-electron chi connectivity index (χ3n) is 3.45. The summed E-state index contributed by atoms with van der Waals surface area (Å²) in [4.78, 5) is 25.7. The zero-order valence-electron chi connectivity index (χ0n) is 10.4. The Hall–Kier alpha value is -1.35. The second-order valence-electron chi connectivity index (χ2n) is 4.77. The summed E-state index contributed by atoms with van der Waals surface area (Å²) < 4.78 is 0. The molecular weight excluding hydrogens is 250 g/mol. The van der Waals surface area contributed by atoms with Gasteiger partial charge in [-0.25, -0.2) is 0 Å². The Bertz CT molecular complexity index is 460. The summed E-state index contributed by atoms with van der Waals surface area (Å²) in [5.74, 6) is 0.249. The molecule has 3 nitrogen and oxygen atoms in total. The number of alkyl halides is 1. The van der Waals surface area contributed by atoms with Crippen molar-refractivity contribution in [3.8, 4) is 0 Å². The summed E-state index contributed by atoms with van der Waals surface area (Å²) in [5, 5.41) is 0. The van der Waals surface area contributed by atoms with Gasteiger partial charge in [-0.15, -0.1) is 11.6 Å². The monoisotopic (exact) mass is 265 g/mol. The first kappa shape index (κ1) is 13.1. The molecule has 1 aliphatic heterocycles. The van der Waals surface area contributed by atoms with Crippen molar-refractivity contribution in [2.75, 3.05) is 12.4 Å². The molecular formula is C14H16ClNO2. The molecule has 4 heteroatoms. The highest BCUT2D eigenvalue weighted by atomic mass is 35.5. The molecule has 1 aromatic carbocycles. The highest BCUT2D eigenvalue weighted by Crippen LogP contribution is 2.36. The third-order valence-corrected chi connectivity index (χ3v) is 3.72. The van der Waals surface area contributed by atoms with E-state index in [9.17, 15) is 9.59 Å². The second-order valence-corrected chi connectivity index (χ2v) is 5.15. The van der Waals surface area contributed by atoms with Crippen LogP contribution in [0.4, 0.5) is 0 Å². The van der Waals surface area contributed by atoms with Crippen molar-refractivity contribution < 1.29 is 9.59 Å². The zero-order valence-corrected chi connectivity index (χ0v) is 11.1. The molecule has 2 rings (SSSR count). The predicted molar refractivity (Wildman–Crippen MR) is 70.5 cm³/mol. The fourth-order valence-electron chi connectivity index (χ4n) is 2.36.